The number of aliphatic hydroxyl groups excluding tert-OH is 1. The smallest absolute Gasteiger partial charge is 0.361 e. The van der Waals surface area contributed by atoms with Gasteiger partial charge in [0.2, 0.25) is 0 Å². The van der Waals surface area contributed by atoms with Gasteiger partial charge < -0.3 is 28.9 Å². The lowest BCUT2D eigenvalue weighted by atomic mass is 10.1. The molecule has 8 heteroatoms. The van der Waals surface area contributed by atoms with Crippen LogP contribution in [0.2, 0.25) is 0 Å². The van der Waals surface area contributed by atoms with E-state index < -0.39 is 18.4 Å². The Hall–Kier alpha value is -2.00. The molecule has 0 rings (SSSR count). The molecule has 0 saturated carbocycles. The number of aliphatic hydroxyl groups is 1. The molecule has 0 fully saturated rings. The zero-order chi connectivity index (χ0) is 25.7. The number of quaternary nitrogens is 1. The van der Waals surface area contributed by atoms with Crippen molar-refractivity contribution in [3.63, 3.8) is 0 Å². The van der Waals surface area contributed by atoms with Crippen LogP contribution in [0.15, 0.2) is 36.5 Å². The molecule has 0 aromatic heterocycles. The number of rotatable bonds is 21. The average Bonchev–Trinajstić information content (AvgIpc) is 2.76. The van der Waals surface area contributed by atoms with Gasteiger partial charge in [-0.15, -0.1) is 0 Å². The van der Waals surface area contributed by atoms with Crippen LogP contribution in [0.3, 0.4) is 0 Å². The average molecular weight is 485 g/mol. The third-order valence-electron chi connectivity index (χ3n) is 4.64. The maximum absolute atomic E-state index is 11.8. The van der Waals surface area contributed by atoms with Gasteiger partial charge in [-0.3, -0.25) is 4.79 Å². The Bertz CT molecular complexity index is 623. The summed E-state index contributed by atoms with van der Waals surface area (Å²) in [5.41, 5.74) is 0. The number of hydrogen-bond donors (Lipinski definition) is 2. The molecule has 0 bridgehead atoms. The summed E-state index contributed by atoms with van der Waals surface area (Å²) in [6, 6.07) is 0. The van der Waals surface area contributed by atoms with E-state index in [0.717, 1.165) is 44.9 Å². The van der Waals surface area contributed by atoms with E-state index in [1.54, 1.807) is 0 Å². The molecule has 34 heavy (non-hydrogen) atoms. The molecule has 0 saturated heterocycles. The summed E-state index contributed by atoms with van der Waals surface area (Å²) in [6.45, 7) is 2.40. The highest BCUT2D eigenvalue weighted by Gasteiger charge is 2.22. The molecule has 196 valence electrons. The SMILES string of the molecule is CC/C=C\C/C=C\C/C=C\CCCCCC(=O)OCC(O)COC(OCC[N+](C)(C)C)C(=O)O. The van der Waals surface area contributed by atoms with Gasteiger partial charge in [0.05, 0.1) is 34.4 Å². The van der Waals surface area contributed by atoms with Crippen molar-refractivity contribution in [2.45, 2.75) is 70.7 Å². The number of nitrogens with zero attached hydrogens (tertiary/aromatic N) is 1. The summed E-state index contributed by atoms with van der Waals surface area (Å²) in [7, 11) is 5.88. The summed E-state index contributed by atoms with van der Waals surface area (Å²) < 4.78 is 16.0. The van der Waals surface area contributed by atoms with E-state index in [1.807, 2.05) is 21.1 Å². The summed E-state index contributed by atoms with van der Waals surface area (Å²) in [4.78, 5) is 23.0. The number of ether oxygens (including phenoxy) is 3. The van der Waals surface area contributed by atoms with Gasteiger partial charge in [-0.25, -0.2) is 4.79 Å². The Morgan fingerprint density at radius 3 is 2.15 bits per heavy atom. The van der Waals surface area contributed by atoms with Gasteiger partial charge in [-0.05, 0) is 38.5 Å². The van der Waals surface area contributed by atoms with Crippen LogP contribution in [0.5, 0.6) is 0 Å². The second-order valence-electron chi connectivity index (χ2n) is 9.12. The fourth-order valence-electron chi connectivity index (χ4n) is 2.67. The lowest BCUT2D eigenvalue weighted by Crippen LogP contribution is -2.40. The molecule has 0 aromatic carbocycles. The van der Waals surface area contributed by atoms with Crippen molar-refractivity contribution < 1.29 is 38.5 Å². The first kappa shape index (κ1) is 32.0. The summed E-state index contributed by atoms with van der Waals surface area (Å²) in [5, 5.41) is 19.0. The van der Waals surface area contributed by atoms with E-state index >= 15 is 0 Å². The molecule has 0 heterocycles. The standard InChI is InChI=1S/C26H45NO7/c1-5-6-7-8-9-10-11-12-13-14-15-16-17-18-24(29)33-21-23(28)22-34-26(25(30)31)32-20-19-27(2,3)4/h6-7,9-10,12-13,23,26,28H,5,8,11,14-22H2,1-4H3/p+1/b7-6-,10-9-,13-12-. The first-order chi connectivity index (χ1) is 16.2. The van der Waals surface area contributed by atoms with Crippen LogP contribution in [-0.2, 0) is 23.8 Å². The zero-order valence-electron chi connectivity index (χ0n) is 21.5. The zero-order valence-corrected chi connectivity index (χ0v) is 21.5. The molecular weight excluding hydrogens is 438 g/mol. The number of allylic oxidation sites excluding steroid dienone is 6. The van der Waals surface area contributed by atoms with E-state index in [0.29, 0.717) is 11.0 Å². The first-order valence-electron chi connectivity index (χ1n) is 12.2. The highest BCUT2D eigenvalue weighted by molar-refractivity contribution is 5.70. The van der Waals surface area contributed by atoms with Crippen LogP contribution in [0.1, 0.15) is 58.3 Å². The Morgan fingerprint density at radius 2 is 1.53 bits per heavy atom. The van der Waals surface area contributed by atoms with Gasteiger partial charge in [0.25, 0.3) is 6.29 Å². The minimum atomic E-state index is -1.47. The van der Waals surface area contributed by atoms with Gasteiger partial charge in [0, 0.05) is 6.42 Å². The van der Waals surface area contributed by atoms with Crippen LogP contribution in [0, 0.1) is 0 Å². The highest BCUT2D eigenvalue weighted by atomic mass is 16.7. The number of unbranched alkanes of at least 4 members (excludes halogenated alkanes) is 3. The van der Waals surface area contributed by atoms with Crippen molar-refractivity contribution in [3.8, 4) is 0 Å². The molecule has 0 aliphatic carbocycles. The van der Waals surface area contributed by atoms with Gasteiger partial charge in [0.15, 0.2) is 0 Å². The molecule has 8 nitrogen and oxygen atoms in total. The van der Waals surface area contributed by atoms with E-state index in [9.17, 15) is 14.7 Å². The van der Waals surface area contributed by atoms with E-state index in [4.69, 9.17) is 19.3 Å². The van der Waals surface area contributed by atoms with Gasteiger partial charge in [0.1, 0.15) is 19.3 Å². The van der Waals surface area contributed by atoms with Crippen LogP contribution in [-0.4, -0.2) is 86.5 Å². The van der Waals surface area contributed by atoms with E-state index in [2.05, 4.69) is 43.4 Å². The molecule has 2 unspecified atom stereocenters. The molecule has 0 radical (unpaired) electrons. The quantitative estimate of drug-likeness (QED) is 0.0839. The maximum Gasteiger partial charge on any atom is 0.361 e. The van der Waals surface area contributed by atoms with Crippen molar-refractivity contribution in [3.05, 3.63) is 36.5 Å². The minimum Gasteiger partial charge on any atom is -0.477 e. The summed E-state index contributed by atoms with van der Waals surface area (Å²) in [5.74, 6) is -1.65. The monoisotopic (exact) mass is 484 g/mol. The normalized spacial score (nSPS) is 14.3. The number of hydrogen-bond acceptors (Lipinski definition) is 6. The Morgan fingerprint density at radius 1 is 0.882 bits per heavy atom. The van der Waals surface area contributed by atoms with E-state index in [1.165, 1.54) is 0 Å². The van der Waals surface area contributed by atoms with Crippen molar-refractivity contribution in [1.82, 2.24) is 0 Å². The molecule has 0 amide bonds. The second-order valence-corrected chi connectivity index (χ2v) is 9.12. The number of carboxylic acid groups (broad SMARTS) is 1. The first-order valence-corrected chi connectivity index (χ1v) is 12.2. The minimum absolute atomic E-state index is 0.204. The van der Waals surface area contributed by atoms with Crippen LogP contribution in [0.4, 0.5) is 0 Å². The number of carbonyl (C=O) groups is 2. The number of esters is 1. The van der Waals surface area contributed by atoms with E-state index in [-0.39, 0.29) is 32.2 Å². The fraction of sp³-hybridized carbons (Fsp3) is 0.692. The lowest BCUT2D eigenvalue weighted by Gasteiger charge is -2.24. The third kappa shape index (κ3) is 21.8. The highest BCUT2D eigenvalue weighted by Crippen LogP contribution is 2.06. The van der Waals surface area contributed by atoms with Gasteiger partial charge in [-0.2, -0.15) is 0 Å². The molecule has 0 aliphatic rings. The molecular formula is C26H46NO7+. The molecule has 0 aromatic rings. The summed E-state index contributed by atoms with van der Waals surface area (Å²) in [6.07, 6.45) is 17.3. The van der Waals surface area contributed by atoms with Crippen LogP contribution < -0.4 is 0 Å². The lowest BCUT2D eigenvalue weighted by molar-refractivity contribution is -0.870. The van der Waals surface area contributed by atoms with Crippen molar-refractivity contribution >= 4 is 11.9 Å². The van der Waals surface area contributed by atoms with Crippen molar-refractivity contribution in [1.29, 1.82) is 0 Å². The molecule has 0 spiro atoms. The second kappa shape index (κ2) is 20.4. The number of aliphatic carboxylic acids is 1. The maximum atomic E-state index is 11.8. The van der Waals surface area contributed by atoms with Crippen LogP contribution in [0.25, 0.3) is 0 Å². The molecule has 2 N–H and O–H groups in total. The Labute approximate surface area is 205 Å². The summed E-state index contributed by atoms with van der Waals surface area (Å²) >= 11 is 0. The predicted octanol–water partition coefficient (Wildman–Crippen LogP) is 3.85. The Balaban J connectivity index is 3.81. The molecule has 2 atom stereocenters. The number of carboxylic acids is 1. The topological polar surface area (TPSA) is 102 Å². The fourth-order valence-corrected chi connectivity index (χ4v) is 2.67. The number of carbonyl (C=O) groups excluding carboxylic acids is 1. The third-order valence-corrected chi connectivity index (χ3v) is 4.64. The largest absolute Gasteiger partial charge is 0.477 e. The van der Waals surface area contributed by atoms with Crippen LogP contribution >= 0.6 is 0 Å². The van der Waals surface area contributed by atoms with Crippen molar-refractivity contribution in [2.75, 3.05) is 47.5 Å². The van der Waals surface area contributed by atoms with Gasteiger partial charge in [-0.1, -0.05) is 49.8 Å². The molecule has 0 aliphatic heterocycles. The Kier molecular flexibility index (Phi) is 19.2. The predicted molar refractivity (Wildman–Crippen MR) is 133 cm³/mol. The van der Waals surface area contributed by atoms with Crippen molar-refractivity contribution in [2.24, 2.45) is 0 Å². The van der Waals surface area contributed by atoms with Gasteiger partial charge >= 0.3 is 11.9 Å². The number of likely N-dealkylation sites (N-methyl/N-ethyl adjacent to an activating group) is 1.